The molecular weight excluding hydrogens is 595 g/mol. The number of quaternary nitrogens is 1. The van der Waals surface area contributed by atoms with Crippen molar-refractivity contribution in [3.8, 4) is 0 Å². The van der Waals surface area contributed by atoms with Crippen LogP contribution < -0.4 is 5.32 Å². The molecule has 20 heavy (non-hydrogen) atoms. The van der Waals surface area contributed by atoms with Gasteiger partial charge in [0.25, 0.3) is 0 Å². The van der Waals surface area contributed by atoms with Crippen LogP contribution in [0.5, 0.6) is 0 Å². The van der Waals surface area contributed by atoms with E-state index < -0.39 is 0 Å². The molecule has 2 N–H and O–H groups in total. The van der Waals surface area contributed by atoms with Gasteiger partial charge in [0, 0.05) is 10.7 Å². The lowest BCUT2D eigenvalue weighted by Crippen LogP contribution is -2.86. The van der Waals surface area contributed by atoms with Crippen molar-refractivity contribution in [3.63, 3.8) is 0 Å². The molecule has 6 heteroatoms. The van der Waals surface area contributed by atoms with Crippen LogP contribution in [-0.4, -0.2) is 25.7 Å². The molecule has 0 spiro atoms. The van der Waals surface area contributed by atoms with Crippen molar-refractivity contribution in [2.45, 2.75) is 19.3 Å². The first-order valence-electron chi connectivity index (χ1n) is 6.72. The summed E-state index contributed by atoms with van der Waals surface area (Å²) in [4.78, 5) is 12.2. The standard InChI is InChI=1S/C14H16I3NO2/c15-10-1-2-11(16)13(17)12(10)14(19)20-8-5-9-3-6-18-7-4-9/h1-2,9,18H,3-8H2/p+1. The largest absolute Gasteiger partial charge is 0.462 e. The van der Waals surface area contributed by atoms with E-state index in [-0.39, 0.29) is 5.97 Å². The maximum Gasteiger partial charge on any atom is 0.340 e. The van der Waals surface area contributed by atoms with Gasteiger partial charge in [-0.3, -0.25) is 0 Å². The maximum atomic E-state index is 12.2. The minimum absolute atomic E-state index is 0.181. The van der Waals surface area contributed by atoms with Crippen LogP contribution >= 0.6 is 67.8 Å². The van der Waals surface area contributed by atoms with Crippen LogP contribution in [0.25, 0.3) is 0 Å². The number of hydrogen-bond acceptors (Lipinski definition) is 2. The van der Waals surface area contributed by atoms with Gasteiger partial charge in [0.05, 0.1) is 25.3 Å². The van der Waals surface area contributed by atoms with Gasteiger partial charge in [-0.1, -0.05) is 0 Å². The summed E-state index contributed by atoms with van der Waals surface area (Å²) in [5.74, 6) is 0.543. The molecule has 0 radical (unpaired) electrons. The fourth-order valence-electron chi connectivity index (χ4n) is 2.39. The Balaban J connectivity index is 1.90. The van der Waals surface area contributed by atoms with Crippen LogP contribution in [0.4, 0.5) is 0 Å². The second-order valence-corrected chi connectivity index (χ2v) is 8.36. The van der Waals surface area contributed by atoms with Gasteiger partial charge in [0.15, 0.2) is 0 Å². The third-order valence-corrected chi connectivity index (χ3v) is 7.52. The molecule has 2 rings (SSSR count). The molecule has 0 unspecified atom stereocenters. The van der Waals surface area contributed by atoms with Crippen LogP contribution in [0.1, 0.15) is 29.6 Å². The highest BCUT2D eigenvalue weighted by atomic mass is 127. The van der Waals surface area contributed by atoms with E-state index in [1.54, 1.807) is 0 Å². The summed E-state index contributed by atoms with van der Waals surface area (Å²) < 4.78 is 8.54. The Morgan fingerprint density at radius 3 is 2.55 bits per heavy atom. The van der Waals surface area contributed by atoms with E-state index >= 15 is 0 Å². The summed E-state index contributed by atoms with van der Waals surface area (Å²) in [5.41, 5.74) is 0.718. The molecule has 1 saturated heterocycles. The minimum Gasteiger partial charge on any atom is -0.462 e. The second-order valence-electron chi connectivity index (χ2n) is 4.95. The van der Waals surface area contributed by atoms with E-state index in [9.17, 15) is 4.79 Å². The quantitative estimate of drug-likeness (QED) is 0.323. The summed E-state index contributed by atoms with van der Waals surface area (Å²) in [7, 11) is 0. The highest BCUT2D eigenvalue weighted by Gasteiger charge is 2.19. The van der Waals surface area contributed by atoms with Crippen LogP contribution in [-0.2, 0) is 4.74 Å². The molecule has 0 bridgehead atoms. The molecule has 1 fully saturated rings. The van der Waals surface area contributed by atoms with Gasteiger partial charge >= 0.3 is 5.97 Å². The number of hydrogen-bond donors (Lipinski definition) is 1. The second kappa shape index (κ2) is 8.47. The van der Waals surface area contributed by atoms with Crippen molar-refractivity contribution in [2.24, 2.45) is 5.92 Å². The van der Waals surface area contributed by atoms with Crippen molar-refractivity contribution >= 4 is 73.7 Å². The molecule has 1 aliphatic heterocycles. The lowest BCUT2D eigenvalue weighted by atomic mass is 9.95. The Bertz CT molecular complexity index is 488. The van der Waals surface area contributed by atoms with Crippen LogP contribution in [0.15, 0.2) is 12.1 Å². The van der Waals surface area contributed by atoms with Crippen molar-refractivity contribution in [1.82, 2.24) is 0 Å². The Labute approximate surface area is 160 Å². The first-order valence-corrected chi connectivity index (χ1v) is 9.95. The lowest BCUT2D eigenvalue weighted by molar-refractivity contribution is -0.664. The smallest absolute Gasteiger partial charge is 0.340 e. The average Bonchev–Trinajstić information content (AvgIpc) is 2.44. The van der Waals surface area contributed by atoms with Crippen molar-refractivity contribution in [3.05, 3.63) is 28.4 Å². The maximum absolute atomic E-state index is 12.2. The lowest BCUT2D eigenvalue weighted by Gasteiger charge is -2.20. The van der Waals surface area contributed by atoms with E-state index in [4.69, 9.17) is 4.74 Å². The number of carbonyl (C=O) groups is 1. The molecule has 1 heterocycles. The molecule has 0 aromatic heterocycles. The molecule has 3 nitrogen and oxygen atoms in total. The van der Waals surface area contributed by atoms with Crippen molar-refractivity contribution in [1.29, 1.82) is 0 Å². The molecule has 0 saturated carbocycles. The van der Waals surface area contributed by atoms with E-state index in [0.29, 0.717) is 6.61 Å². The van der Waals surface area contributed by atoms with Crippen LogP contribution in [0.2, 0.25) is 0 Å². The van der Waals surface area contributed by atoms with Crippen molar-refractivity contribution in [2.75, 3.05) is 19.7 Å². The van der Waals surface area contributed by atoms with Gasteiger partial charge in [-0.15, -0.1) is 0 Å². The van der Waals surface area contributed by atoms with Gasteiger partial charge in [0.1, 0.15) is 0 Å². The molecule has 0 aliphatic carbocycles. The Morgan fingerprint density at radius 2 is 1.85 bits per heavy atom. The predicted octanol–water partition coefficient (Wildman–Crippen LogP) is 3.02. The molecule has 0 atom stereocenters. The van der Waals surface area contributed by atoms with E-state index in [2.05, 4.69) is 73.1 Å². The van der Waals surface area contributed by atoms with Gasteiger partial charge in [-0.05, 0) is 105 Å². The highest BCUT2D eigenvalue weighted by Crippen LogP contribution is 2.25. The molecule has 0 amide bonds. The van der Waals surface area contributed by atoms with E-state index in [1.807, 2.05) is 12.1 Å². The van der Waals surface area contributed by atoms with Gasteiger partial charge < -0.3 is 10.1 Å². The Hall–Kier alpha value is 0.840. The third-order valence-electron chi connectivity index (χ3n) is 3.57. The number of benzene rings is 1. The number of esters is 1. The molecular formula is C14H17I3NO2+. The first-order chi connectivity index (χ1) is 9.59. The van der Waals surface area contributed by atoms with Gasteiger partial charge in [0.2, 0.25) is 0 Å². The number of rotatable bonds is 4. The van der Waals surface area contributed by atoms with Crippen LogP contribution in [0.3, 0.4) is 0 Å². The summed E-state index contributed by atoms with van der Waals surface area (Å²) in [5, 5.41) is 2.36. The number of carbonyl (C=O) groups excluding carboxylic acids is 1. The summed E-state index contributed by atoms with van der Waals surface area (Å²) in [6, 6.07) is 4.00. The summed E-state index contributed by atoms with van der Waals surface area (Å²) in [6.45, 7) is 2.97. The summed E-state index contributed by atoms with van der Waals surface area (Å²) >= 11 is 6.67. The zero-order valence-corrected chi connectivity index (χ0v) is 17.5. The summed E-state index contributed by atoms with van der Waals surface area (Å²) in [6.07, 6.45) is 3.49. The predicted molar refractivity (Wildman–Crippen MR) is 104 cm³/mol. The molecule has 1 aromatic rings. The first kappa shape index (κ1) is 17.2. The number of halogens is 3. The zero-order chi connectivity index (χ0) is 14.5. The SMILES string of the molecule is O=C(OCCC1CC[NH2+]CC1)c1c(I)ccc(I)c1I. The van der Waals surface area contributed by atoms with Crippen LogP contribution in [0, 0.1) is 16.6 Å². The van der Waals surface area contributed by atoms with Gasteiger partial charge in [-0.2, -0.15) is 0 Å². The fourth-order valence-corrected chi connectivity index (χ4v) is 4.71. The average molecular weight is 612 g/mol. The number of ether oxygens (including phenoxy) is 1. The highest BCUT2D eigenvalue weighted by molar-refractivity contribution is 14.1. The van der Waals surface area contributed by atoms with Gasteiger partial charge in [-0.25, -0.2) is 4.79 Å². The normalized spacial score (nSPS) is 16.1. The molecule has 1 aliphatic rings. The Kier molecular flexibility index (Phi) is 7.28. The number of piperidine rings is 1. The Morgan fingerprint density at radius 1 is 1.20 bits per heavy atom. The zero-order valence-electron chi connectivity index (χ0n) is 11.0. The third kappa shape index (κ3) is 4.67. The molecule has 1 aromatic carbocycles. The minimum atomic E-state index is -0.181. The molecule has 110 valence electrons. The monoisotopic (exact) mass is 612 g/mol. The van der Waals surface area contributed by atoms with E-state index in [1.165, 1.54) is 25.9 Å². The topological polar surface area (TPSA) is 42.9 Å². The number of nitrogens with two attached hydrogens (primary N) is 1. The van der Waals surface area contributed by atoms with Crippen molar-refractivity contribution < 1.29 is 14.8 Å². The van der Waals surface area contributed by atoms with E-state index in [0.717, 1.165) is 28.6 Å². The fraction of sp³-hybridized carbons (Fsp3) is 0.500.